The van der Waals surface area contributed by atoms with Crippen LogP contribution in [-0.2, 0) is 22.5 Å². The van der Waals surface area contributed by atoms with Crippen molar-refractivity contribution in [2.24, 2.45) is 11.8 Å². The number of phenols is 2. The second kappa shape index (κ2) is 13.0. The van der Waals surface area contributed by atoms with Gasteiger partial charge in [-0.2, -0.15) is 0 Å². The normalized spacial score (nSPS) is 14.8. The van der Waals surface area contributed by atoms with E-state index in [1.807, 2.05) is 26.0 Å². The van der Waals surface area contributed by atoms with Crippen LogP contribution in [0.4, 0.5) is 0 Å². The molecule has 1 aliphatic rings. The van der Waals surface area contributed by atoms with E-state index in [-0.39, 0.29) is 46.9 Å². The van der Waals surface area contributed by atoms with Crippen LogP contribution in [-0.4, -0.2) is 40.1 Å². The quantitative estimate of drug-likeness (QED) is 0.334. The van der Waals surface area contributed by atoms with Crippen LogP contribution in [0.25, 0.3) is 0 Å². The molecule has 1 amide bonds. The summed E-state index contributed by atoms with van der Waals surface area (Å²) < 4.78 is 5.83. The Morgan fingerprint density at radius 3 is 2.32 bits per heavy atom. The smallest absolute Gasteiger partial charge is 0.309 e. The number of phenolic OH excluding ortho intramolecular Hbond substituents is 2. The number of hydrogen-bond donors (Lipinski definition) is 2. The zero-order chi connectivity index (χ0) is 27.1. The van der Waals surface area contributed by atoms with Gasteiger partial charge in [-0.05, 0) is 79.5 Å². The maximum Gasteiger partial charge on any atom is 0.309 e. The molecule has 202 valence electrons. The molecule has 1 aliphatic carbocycles. The fourth-order valence-electron chi connectivity index (χ4n) is 5.17. The van der Waals surface area contributed by atoms with Gasteiger partial charge in [-0.25, -0.2) is 0 Å². The van der Waals surface area contributed by atoms with Crippen LogP contribution in [0.15, 0.2) is 36.4 Å². The minimum atomic E-state index is -0.309. The highest BCUT2D eigenvalue weighted by Crippen LogP contribution is 2.33. The third-order valence-electron chi connectivity index (χ3n) is 7.21. The number of benzene rings is 2. The molecule has 2 aromatic rings. The molecule has 1 saturated carbocycles. The van der Waals surface area contributed by atoms with Gasteiger partial charge >= 0.3 is 5.97 Å². The van der Waals surface area contributed by atoms with Crippen LogP contribution in [0.5, 0.6) is 11.5 Å². The summed E-state index contributed by atoms with van der Waals surface area (Å²) in [4.78, 5) is 27.6. The van der Waals surface area contributed by atoms with Gasteiger partial charge in [0, 0.05) is 19.7 Å². The molecule has 3 rings (SSSR count). The molecule has 2 aromatic carbocycles. The molecule has 0 radical (unpaired) electrons. The first-order valence-corrected chi connectivity index (χ1v) is 13.6. The number of nitrogens with zero attached hydrogens (tertiary/aromatic N) is 1. The molecule has 1 atom stereocenters. The van der Waals surface area contributed by atoms with E-state index < -0.39 is 0 Å². The van der Waals surface area contributed by atoms with Crippen LogP contribution in [0.2, 0.25) is 0 Å². The lowest BCUT2D eigenvalue weighted by molar-refractivity contribution is -0.154. The molecule has 0 saturated heterocycles. The van der Waals surface area contributed by atoms with E-state index in [0.29, 0.717) is 18.0 Å². The number of esters is 1. The highest BCUT2D eigenvalue weighted by atomic mass is 16.5. The van der Waals surface area contributed by atoms with Gasteiger partial charge in [0.2, 0.25) is 0 Å². The molecule has 6 heteroatoms. The lowest BCUT2D eigenvalue weighted by Gasteiger charge is -2.21. The number of ether oxygens (including phenoxy) is 1. The average Bonchev–Trinajstić information content (AvgIpc) is 3.34. The Kier molecular flexibility index (Phi) is 10.0. The summed E-state index contributed by atoms with van der Waals surface area (Å²) in [6.07, 6.45) is 6.65. The molecule has 0 bridgehead atoms. The van der Waals surface area contributed by atoms with E-state index in [2.05, 4.69) is 26.0 Å². The van der Waals surface area contributed by atoms with Gasteiger partial charge in [-0.15, -0.1) is 0 Å². The standard InChI is InChI=1S/C31H43NO5/c1-20(2)15-24(31(36)37-25-11-6-7-12-25)14-13-22-9-8-10-23(16-22)19-32(5)30(35)27-17-26(21(3)4)28(33)18-29(27)34/h8-10,16-18,20-21,24-25,33-34H,6-7,11-15,19H2,1-5H3/t24-/m0/s1. The number of amides is 1. The van der Waals surface area contributed by atoms with Gasteiger partial charge in [0.1, 0.15) is 17.6 Å². The van der Waals surface area contributed by atoms with Crippen molar-refractivity contribution < 1.29 is 24.5 Å². The lowest BCUT2D eigenvalue weighted by atomic mass is 9.91. The van der Waals surface area contributed by atoms with Crippen molar-refractivity contribution >= 4 is 11.9 Å². The summed E-state index contributed by atoms with van der Waals surface area (Å²) in [5.41, 5.74) is 2.90. The summed E-state index contributed by atoms with van der Waals surface area (Å²) in [7, 11) is 1.70. The van der Waals surface area contributed by atoms with Crippen molar-refractivity contribution in [3.63, 3.8) is 0 Å². The second-order valence-electron chi connectivity index (χ2n) is 11.3. The van der Waals surface area contributed by atoms with Crippen molar-refractivity contribution in [2.75, 3.05) is 7.05 Å². The predicted octanol–water partition coefficient (Wildman–Crippen LogP) is 6.57. The van der Waals surface area contributed by atoms with Gasteiger partial charge < -0.3 is 19.8 Å². The van der Waals surface area contributed by atoms with Gasteiger partial charge in [0.25, 0.3) is 5.91 Å². The van der Waals surface area contributed by atoms with Crippen molar-refractivity contribution in [1.29, 1.82) is 0 Å². The summed E-state index contributed by atoms with van der Waals surface area (Å²) >= 11 is 0. The molecular formula is C31H43NO5. The molecule has 37 heavy (non-hydrogen) atoms. The van der Waals surface area contributed by atoms with Crippen molar-refractivity contribution in [1.82, 2.24) is 4.90 Å². The Bertz CT molecular complexity index is 1070. The van der Waals surface area contributed by atoms with E-state index in [1.54, 1.807) is 18.0 Å². The van der Waals surface area contributed by atoms with Gasteiger partial charge in [-0.1, -0.05) is 52.0 Å². The number of aromatic hydroxyl groups is 2. The Morgan fingerprint density at radius 2 is 1.68 bits per heavy atom. The number of hydrogen-bond acceptors (Lipinski definition) is 5. The fourth-order valence-corrected chi connectivity index (χ4v) is 5.17. The third kappa shape index (κ3) is 7.98. The molecule has 6 nitrogen and oxygen atoms in total. The molecular weight excluding hydrogens is 466 g/mol. The van der Waals surface area contributed by atoms with Crippen molar-refractivity contribution in [2.45, 2.75) is 91.2 Å². The van der Waals surface area contributed by atoms with Crippen LogP contribution >= 0.6 is 0 Å². The number of rotatable bonds is 11. The minimum absolute atomic E-state index is 0.0118. The van der Waals surface area contributed by atoms with Gasteiger partial charge in [0.05, 0.1) is 11.5 Å². The second-order valence-corrected chi connectivity index (χ2v) is 11.3. The first kappa shape index (κ1) is 28.5. The lowest BCUT2D eigenvalue weighted by Crippen LogP contribution is -2.26. The molecule has 0 heterocycles. The summed E-state index contributed by atoms with van der Waals surface area (Å²) in [6, 6.07) is 10.9. The van der Waals surface area contributed by atoms with Gasteiger partial charge in [0.15, 0.2) is 0 Å². The van der Waals surface area contributed by atoms with Crippen molar-refractivity contribution in [3.8, 4) is 11.5 Å². The Labute approximate surface area is 221 Å². The summed E-state index contributed by atoms with van der Waals surface area (Å²) in [5.74, 6) is -0.284. The molecule has 0 aliphatic heterocycles. The highest BCUT2D eigenvalue weighted by Gasteiger charge is 2.26. The van der Waals surface area contributed by atoms with Crippen molar-refractivity contribution in [3.05, 3.63) is 58.7 Å². The van der Waals surface area contributed by atoms with Crippen LogP contribution in [0, 0.1) is 11.8 Å². The molecule has 1 fully saturated rings. The maximum atomic E-state index is 13.1. The SMILES string of the molecule is CC(C)C[C@H](CCc1cccc(CN(C)C(=O)c2cc(C(C)C)c(O)cc2O)c1)C(=O)OC1CCCC1. The Balaban J connectivity index is 1.65. The molecule has 2 N–H and O–H groups in total. The summed E-state index contributed by atoms with van der Waals surface area (Å²) in [5, 5.41) is 20.4. The third-order valence-corrected chi connectivity index (χ3v) is 7.21. The van der Waals surface area contributed by atoms with E-state index in [4.69, 9.17) is 4.74 Å². The monoisotopic (exact) mass is 509 g/mol. The van der Waals surface area contributed by atoms with E-state index in [0.717, 1.165) is 56.1 Å². The topological polar surface area (TPSA) is 87.1 Å². The zero-order valence-electron chi connectivity index (χ0n) is 23.0. The summed E-state index contributed by atoms with van der Waals surface area (Å²) in [6.45, 7) is 8.51. The largest absolute Gasteiger partial charge is 0.508 e. The minimum Gasteiger partial charge on any atom is -0.508 e. The first-order chi connectivity index (χ1) is 17.5. The molecule has 0 spiro atoms. The number of aryl methyl sites for hydroxylation is 1. The highest BCUT2D eigenvalue weighted by molar-refractivity contribution is 5.97. The van der Waals surface area contributed by atoms with Crippen LogP contribution in [0.1, 0.15) is 99.2 Å². The molecule has 0 unspecified atom stereocenters. The predicted molar refractivity (Wildman–Crippen MR) is 146 cm³/mol. The number of carbonyl (C=O) groups excluding carboxylic acids is 2. The first-order valence-electron chi connectivity index (χ1n) is 13.6. The number of carbonyl (C=O) groups is 2. The fraction of sp³-hybridized carbons (Fsp3) is 0.548. The average molecular weight is 510 g/mol. The van der Waals surface area contributed by atoms with Crippen LogP contribution in [0.3, 0.4) is 0 Å². The van der Waals surface area contributed by atoms with Crippen LogP contribution < -0.4 is 0 Å². The van der Waals surface area contributed by atoms with E-state index in [1.165, 1.54) is 6.07 Å². The Morgan fingerprint density at radius 1 is 1.00 bits per heavy atom. The molecule has 0 aromatic heterocycles. The zero-order valence-corrected chi connectivity index (χ0v) is 23.0. The van der Waals surface area contributed by atoms with E-state index >= 15 is 0 Å². The van der Waals surface area contributed by atoms with Gasteiger partial charge in [-0.3, -0.25) is 9.59 Å². The maximum absolute atomic E-state index is 13.1. The Hall–Kier alpha value is -3.02. The van der Waals surface area contributed by atoms with E-state index in [9.17, 15) is 19.8 Å².